The number of hydrogen-bond donors (Lipinski definition) is 1. The van der Waals surface area contributed by atoms with Gasteiger partial charge in [0.15, 0.2) is 11.6 Å². The molecule has 2 aliphatic rings. The second-order valence-corrected chi connectivity index (χ2v) is 8.97. The summed E-state index contributed by atoms with van der Waals surface area (Å²) in [5, 5.41) is 0. The number of nitrogens with two attached hydrogens (primary N) is 1. The summed E-state index contributed by atoms with van der Waals surface area (Å²) < 4.78 is 33.2. The van der Waals surface area contributed by atoms with Crippen LogP contribution in [0.3, 0.4) is 0 Å². The van der Waals surface area contributed by atoms with Gasteiger partial charge in [-0.25, -0.2) is 8.78 Å². The first-order chi connectivity index (χ1) is 15.4. The molecule has 2 N–H and O–H groups in total. The van der Waals surface area contributed by atoms with E-state index in [9.17, 15) is 8.78 Å². The first-order valence-electron chi connectivity index (χ1n) is 10.9. The Morgan fingerprint density at radius 3 is 2.62 bits per heavy atom. The zero-order chi connectivity index (χ0) is 22.3. The van der Waals surface area contributed by atoms with Gasteiger partial charge in [0, 0.05) is 43.8 Å². The Hall–Kier alpha value is -2.74. The van der Waals surface area contributed by atoms with Crippen LogP contribution in [0.15, 0.2) is 55.0 Å². The van der Waals surface area contributed by atoms with Crippen LogP contribution >= 0.6 is 0 Å². The Labute approximate surface area is 186 Å². The number of fused-ring (bicyclic) bond motifs is 2. The van der Waals surface area contributed by atoms with Crippen LogP contribution in [0, 0.1) is 11.6 Å². The van der Waals surface area contributed by atoms with Gasteiger partial charge >= 0.3 is 0 Å². The van der Waals surface area contributed by atoms with Crippen molar-refractivity contribution in [2.75, 3.05) is 13.1 Å². The molecule has 1 aromatic carbocycles. The zero-order valence-electron chi connectivity index (χ0n) is 18.0. The fourth-order valence-corrected chi connectivity index (χ4v) is 4.79. The van der Waals surface area contributed by atoms with Crippen molar-refractivity contribution in [2.45, 2.75) is 44.1 Å². The van der Waals surface area contributed by atoms with Crippen molar-refractivity contribution in [2.24, 2.45) is 5.73 Å². The lowest BCUT2D eigenvalue weighted by atomic mass is 9.84. The molecule has 1 fully saturated rings. The summed E-state index contributed by atoms with van der Waals surface area (Å²) in [6, 6.07) is 9.64. The molecule has 0 bridgehead atoms. The normalized spacial score (nSPS) is 19.6. The highest BCUT2D eigenvalue weighted by molar-refractivity contribution is 5.35. The second kappa shape index (κ2) is 7.99. The van der Waals surface area contributed by atoms with Crippen molar-refractivity contribution in [1.82, 2.24) is 14.9 Å². The molecule has 0 radical (unpaired) electrons. The number of benzene rings is 1. The Kier molecular flexibility index (Phi) is 5.28. The zero-order valence-corrected chi connectivity index (χ0v) is 18.0. The van der Waals surface area contributed by atoms with Crippen molar-refractivity contribution >= 4 is 0 Å². The minimum absolute atomic E-state index is 0.200. The van der Waals surface area contributed by atoms with E-state index in [1.165, 1.54) is 17.2 Å². The molecule has 0 saturated carbocycles. The smallest absolute Gasteiger partial charge is 0.159 e. The van der Waals surface area contributed by atoms with Crippen LogP contribution in [0.1, 0.15) is 47.7 Å². The fraction of sp³-hybridized carbons (Fsp3) is 0.360. The van der Waals surface area contributed by atoms with Gasteiger partial charge in [-0.05, 0) is 60.7 Å². The third kappa shape index (κ3) is 3.70. The summed E-state index contributed by atoms with van der Waals surface area (Å²) in [6.45, 7) is 5.06. The third-order valence-corrected chi connectivity index (χ3v) is 6.85. The van der Waals surface area contributed by atoms with Crippen LogP contribution in [-0.2, 0) is 29.0 Å². The average molecular weight is 437 g/mol. The van der Waals surface area contributed by atoms with E-state index < -0.39 is 17.2 Å². The van der Waals surface area contributed by atoms with Crippen LogP contribution in [0.25, 0.3) is 0 Å². The molecule has 0 aliphatic carbocycles. The highest BCUT2D eigenvalue weighted by Crippen LogP contribution is 2.43. The molecule has 3 aromatic rings. The molecule has 4 heterocycles. The molecule has 32 heavy (non-hydrogen) atoms. The van der Waals surface area contributed by atoms with Crippen molar-refractivity contribution in [3.05, 3.63) is 94.6 Å². The van der Waals surface area contributed by atoms with Crippen LogP contribution in [0.2, 0.25) is 0 Å². The summed E-state index contributed by atoms with van der Waals surface area (Å²) in [4.78, 5) is 11.2. The number of ether oxygens (including phenoxy) is 1. The standard InChI is InChI=1S/C25H26F2N4O/c1-24(28,19-3-4-21(26)22(27)12-19)23-5-2-17(13-30-23)15-31-10-7-25(8-11-31)20-14-29-9-6-18(20)16-32-25/h2-6,9,12-14H,7-8,10-11,15-16,28H2,1H3/t24-/m0/s1. The molecule has 2 aliphatic heterocycles. The number of halogens is 2. The van der Waals surface area contributed by atoms with E-state index in [1.807, 2.05) is 30.7 Å². The maximum atomic E-state index is 13.7. The van der Waals surface area contributed by atoms with Crippen molar-refractivity contribution in [1.29, 1.82) is 0 Å². The summed E-state index contributed by atoms with van der Waals surface area (Å²) >= 11 is 0. The van der Waals surface area contributed by atoms with Gasteiger partial charge in [-0.2, -0.15) is 0 Å². The van der Waals surface area contributed by atoms with Crippen LogP contribution in [0.4, 0.5) is 8.78 Å². The number of nitrogens with zero attached hydrogens (tertiary/aromatic N) is 3. The molecule has 0 amide bonds. The van der Waals surface area contributed by atoms with Crippen molar-refractivity contribution in [3.8, 4) is 0 Å². The number of rotatable bonds is 4. The maximum absolute atomic E-state index is 13.7. The Bertz CT molecular complexity index is 1130. The molecule has 5 rings (SSSR count). The van der Waals surface area contributed by atoms with Gasteiger partial charge in [0.05, 0.1) is 23.4 Å². The molecule has 7 heteroatoms. The van der Waals surface area contributed by atoms with Gasteiger partial charge in [0.2, 0.25) is 0 Å². The fourth-order valence-electron chi connectivity index (χ4n) is 4.79. The minimum atomic E-state index is -1.02. The molecule has 1 saturated heterocycles. The Morgan fingerprint density at radius 1 is 1.09 bits per heavy atom. The van der Waals surface area contributed by atoms with Gasteiger partial charge in [0.25, 0.3) is 0 Å². The lowest BCUT2D eigenvalue weighted by Gasteiger charge is -2.39. The largest absolute Gasteiger partial charge is 0.365 e. The highest BCUT2D eigenvalue weighted by Gasteiger charge is 2.42. The van der Waals surface area contributed by atoms with Gasteiger partial charge < -0.3 is 10.5 Å². The third-order valence-electron chi connectivity index (χ3n) is 6.85. The van der Waals surface area contributed by atoms with Crippen molar-refractivity contribution in [3.63, 3.8) is 0 Å². The SMILES string of the molecule is C[C@](N)(c1ccc(F)c(F)c1)c1ccc(CN2CCC3(CC2)OCc2ccncc23)cn1. The van der Waals surface area contributed by atoms with E-state index in [0.717, 1.165) is 50.2 Å². The predicted octanol–water partition coefficient (Wildman–Crippen LogP) is 4.00. The molecule has 2 aromatic heterocycles. The van der Waals surface area contributed by atoms with E-state index in [1.54, 1.807) is 6.92 Å². The first kappa shape index (κ1) is 21.1. The Balaban J connectivity index is 1.25. The first-order valence-corrected chi connectivity index (χ1v) is 10.9. The van der Waals surface area contributed by atoms with Gasteiger partial charge in [0.1, 0.15) is 0 Å². The molecular formula is C25H26F2N4O. The van der Waals surface area contributed by atoms with E-state index in [0.29, 0.717) is 17.9 Å². The van der Waals surface area contributed by atoms with Crippen LogP contribution < -0.4 is 5.73 Å². The van der Waals surface area contributed by atoms with Crippen LogP contribution in [0.5, 0.6) is 0 Å². The summed E-state index contributed by atoms with van der Waals surface area (Å²) in [7, 11) is 0. The quantitative estimate of drug-likeness (QED) is 0.670. The highest BCUT2D eigenvalue weighted by atomic mass is 19.2. The molecule has 1 atom stereocenters. The number of hydrogen-bond acceptors (Lipinski definition) is 5. The lowest BCUT2D eigenvalue weighted by molar-refractivity contribution is -0.0800. The number of pyridine rings is 2. The molecule has 1 spiro atoms. The van der Waals surface area contributed by atoms with E-state index >= 15 is 0 Å². The summed E-state index contributed by atoms with van der Waals surface area (Å²) in [5.74, 6) is -1.80. The minimum Gasteiger partial charge on any atom is -0.365 e. The monoisotopic (exact) mass is 436 g/mol. The van der Waals surface area contributed by atoms with Crippen LogP contribution in [-0.4, -0.2) is 28.0 Å². The van der Waals surface area contributed by atoms with E-state index in [2.05, 4.69) is 20.9 Å². The van der Waals surface area contributed by atoms with E-state index in [-0.39, 0.29) is 5.60 Å². The molecule has 0 unspecified atom stereocenters. The van der Waals surface area contributed by atoms with Gasteiger partial charge in [-0.3, -0.25) is 14.9 Å². The Morgan fingerprint density at radius 2 is 1.91 bits per heavy atom. The molecule has 5 nitrogen and oxygen atoms in total. The predicted molar refractivity (Wildman–Crippen MR) is 116 cm³/mol. The summed E-state index contributed by atoms with van der Waals surface area (Å²) in [6.07, 6.45) is 7.47. The van der Waals surface area contributed by atoms with Crippen molar-refractivity contribution < 1.29 is 13.5 Å². The second-order valence-electron chi connectivity index (χ2n) is 8.97. The number of aromatic nitrogens is 2. The number of piperidine rings is 1. The molecular weight excluding hydrogens is 410 g/mol. The number of likely N-dealkylation sites (tertiary alicyclic amines) is 1. The average Bonchev–Trinajstić information content (AvgIpc) is 3.16. The topological polar surface area (TPSA) is 64.3 Å². The van der Waals surface area contributed by atoms with Gasteiger partial charge in [-0.15, -0.1) is 0 Å². The molecule has 166 valence electrons. The summed E-state index contributed by atoms with van der Waals surface area (Å²) in [5.41, 5.74) is 9.87. The maximum Gasteiger partial charge on any atom is 0.159 e. The van der Waals surface area contributed by atoms with Gasteiger partial charge in [-0.1, -0.05) is 12.1 Å². The lowest BCUT2D eigenvalue weighted by Crippen LogP contribution is -2.42. The van der Waals surface area contributed by atoms with E-state index in [4.69, 9.17) is 10.5 Å².